The van der Waals surface area contributed by atoms with Gasteiger partial charge >= 0.3 is 0 Å². The lowest BCUT2D eigenvalue weighted by atomic mass is 9.96. The van der Waals surface area contributed by atoms with Crippen molar-refractivity contribution < 1.29 is 5.11 Å². The van der Waals surface area contributed by atoms with Crippen LogP contribution >= 0.6 is 0 Å². The van der Waals surface area contributed by atoms with E-state index in [4.69, 9.17) is 5.11 Å². The van der Waals surface area contributed by atoms with Crippen LogP contribution in [-0.4, -0.2) is 28.5 Å². The van der Waals surface area contributed by atoms with Gasteiger partial charge in [-0.05, 0) is 24.0 Å². The number of aromatic nitrogens is 2. The zero-order valence-electron chi connectivity index (χ0n) is 10.3. The Bertz CT molecular complexity index is 428. The molecule has 4 heteroatoms. The molecule has 0 radical (unpaired) electrons. The first kappa shape index (κ1) is 12.8. The number of rotatable bonds is 7. The molecule has 1 aromatic heterocycles. The van der Waals surface area contributed by atoms with Crippen LogP contribution < -0.4 is 5.32 Å². The second-order valence-corrected chi connectivity index (χ2v) is 4.33. The van der Waals surface area contributed by atoms with E-state index < -0.39 is 0 Å². The zero-order chi connectivity index (χ0) is 12.6. The smallest absolute Gasteiger partial charge is 0.0490 e. The molecule has 0 aliphatic carbocycles. The molecule has 3 N–H and O–H groups in total. The molecule has 2 rings (SSSR count). The summed E-state index contributed by atoms with van der Waals surface area (Å²) in [7, 11) is 0. The highest BCUT2D eigenvalue weighted by Crippen LogP contribution is 2.18. The van der Waals surface area contributed by atoms with Gasteiger partial charge in [0.25, 0.3) is 0 Å². The molecule has 96 valence electrons. The molecule has 0 saturated carbocycles. The van der Waals surface area contributed by atoms with E-state index in [0.717, 1.165) is 25.2 Å². The minimum Gasteiger partial charge on any atom is -0.396 e. The maximum absolute atomic E-state index is 9.14. The molecule has 0 saturated heterocycles. The van der Waals surface area contributed by atoms with E-state index in [1.165, 1.54) is 5.56 Å². The molecule has 0 amide bonds. The molecule has 4 nitrogen and oxygen atoms in total. The van der Waals surface area contributed by atoms with Crippen molar-refractivity contribution in [2.75, 3.05) is 13.2 Å². The van der Waals surface area contributed by atoms with Crippen molar-refractivity contribution in [3.8, 4) is 0 Å². The first-order valence-corrected chi connectivity index (χ1v) is 6.25. The number of aromatic amines is 1. The Labute approximate surface area is 107 Å². The molecule has 1 unspecified atom stereocenters. The summed E-state index contributed by atoms with van der Waals surface area (Å²) in [6, 6.07) is 12.3. The van der Waals surface area contributed by atoms with Gasteiger partial charge in [-0.1, -0.05) is 30.3 Å². The second-order valence-electron chi connectivity index (χ2n) is 4.33. The molecule has 18 heavy (non-hydrogen) atoms. The number of benzene rings is 1. The highest BCUT2D eigenvalue weighted by atomic mass is 16.3. The number of hydrogen-bond acceptors (Lipinski definition) is 3. The van der Waals surface area contributed by atoms with Crippen molar-refractivity contribution in [2.24, 2.45) is 0 Å². The molecule has 0 fully saturated rings. The number of hydrogen-bond donors (Lipinski definition) is 3. The van der Waals surface area contributed by atoms with Gasteiger partial charge in [0, 0.05) is 31.6 Å². The Morgan fingerprint density at radius 1 is 1.22 bits per heavy atom. The highest BCUT2D eigenvalue weighted by Gasteiger charge is 2.10. The van der Waals surface area contributed by atoms with Crippen molar-refractivity contribution in [2.45, 2.75) is 18.9 Å². The topological polar surface area (TPSA) is 60.9 Å². The molecule has 1 atom stereocenters. The average molecular weight is 245 g/mol. The van der Waals surface area contributed by atoms with Gasteiger partial charge in [-0.25, -0.2) is 0 Å². The number of nitrogens with one attached hydrogen (secondary N) is 2. The van der Waals surface area contributed by atoms with Crippen molar-refractivity contribution >= 4 is 0 Å². The molecule has 0 bridgehead atoms. The van der Waals surface area contributed by atoms with Crippen LogP contribution in [0.1, 0.15) is 23.6 Å². The standard InChI is InChI=1S/C14H19N3O/c18-9-7-13(12-4-2-1-3-5-12)10-15-11-14-6-8-16-17-14/h1-6,8,13,15,18H,7,9-11H2,(H,16,17). The van der Waals surface area contributed by atoms with Crippen molar-refractivity contribution in [3.63, 3.8) is 0 Å². The SMILES string of the molecule is OCCC(CNCc1ccn[nH]1)c1ccccc1. The van der Waals surface area contributed by atoms with Crippen LogP contribution in [0.15, 0.2) is 42.6 Å². The molecular formula is C14H19N3O. The number of aliphatic hydroxyl groups excluding tert-OH is 1. The van der Waals surface area contributed by atoms with Crippen molar-refractivity contribution in [3.05, 3.63) is 53.9 Å². The third-order valence-corrected chi connectivity index (χ3v) is 3.01. The fraction of sp³-hybridized carbons (Fsp3) is 0.357. The van der Waals surface area contributed by atoms with Crippen LogP contribution in [0.4, 0.5) is 0 Å². The summed E-state index contributed by atoms with van der Waals surface area (Å²) in [5.41, 5.74) is 2.34. The van der Waals surface area contributed by atoms with Crippen LogP contribution in [-0.2, 0) is 6.54 Å². The quantitative estimate of drug-likeness (QED) is 0.695. The van der Waals surface area contributed by atoms with Crippen LogP contribution in [0.2, 0.25) is 0 Å². The fourth-order valence-electron chi connectivity index (χ4n) is 2.03. The van der Waals surface area contributed by atoms with Gasteiger partial charge in [0.05, 0.1) is 0 Å². The van der Waals surface area contributed by atoms with Gasteiger partial charge in [-0.2, -0.15) is 5.10 Å². The lowest BCUT2D eigenvalue weighted by molar-refractivity contribution is 0.273. The predicted molar refractivity (Wildman–Crippen MR) is 71.2 cm³/mol. The summed E-state index contributed by atoms with van der Waals surface area (Å²) in [5, 5.41) is 19.4. The Morgan fingerprint density at radius 2 is 2.06 bits per heavy atom. The molecule has 0 aliphatic rings. The van der Waals surface area contributed by atoms with Gasteiger partial charge in [0.2, 0.25) is 0 Å². The second kappa shape index (κ2) is 6.93. The number of nitrogens with zero attached hydrogens (tertiary/aromatic N) is 1. The van der Waals surface area contributed by atoms with E-state index in [1.54, 1.807) is 6.20 Å². The van der Waals surface area contributed by atoms with Gasteiger partial charge in [0.15, 0.2) is 0 Å². The van der Waals surface area contributed by atoms with Crippen molar-refractivity contribution in [1.82, 2.24) is 15.5 Å². The van der Waals surface area contributed by atoms with E-state index in [2.05, 4.69) is 27.6 Å². The highest BCUT2D eigenvalue weighted by molar-refractivity contribution is 5.19. The summed E-state index contributed by atoms with van der Waals surface area (Å²) in [6.07, 6.45) is 2.53. The number of H-pyrrole nitrogens is 1. The maximum atomic E-state index is 9.14. The van der Waals surface area contributed by atoms with Crippen LogP contribution in [0, 0.1) is 0 Å². The molecule has 2 aromatic rings. The van der Waals surface area contributed by atoms with Crippen LogP contribution in [0.3, 0.4) is 0 Å². The summed E-state index contributed by atoms with van der Waals surface area (Å²) in [5.74, 6) is 0.346. The minimum absolute atomic E-state index is 0.214. The Balaban J connectivity index is 1.87. The Kier molecular flexibility index (Phi) is 4.93. The maximum Gasteiger partial charge on any atom is 0.0490 e. The first-order valence-electron chi connectivity index (χ1n) is 6.25. The Hall–Kier alpha value is -1.65. The normalized spacial score (nSPS) is 12.5. The summed E-state index contributed by atoms with van der Waals surface area (Å²) in [6.45, 7) is 1.84. The first-order chi connectivity index (χ1) is 8.90. The van der Waals surface area contributed by atoms with Gasteiger partial charge in [-0.3, -0.25) is 5.10 Å². The lowest BCUT2D eigenvalue weighted by Crippen LogP contribution is -2.22. The van der Waals surface area contributed by atoms with Crippen molar-refractivity contribution in [1.29, 1.82) is 0 Å². The zero-order valence-corrected chi connectivity index (χ0v) is 10.3. The summed E-state index contributed by atoms with van der Waals surface area (Å²) in [4.78, 5) is 0. The van der Waals surface area contributed by atoms with Crippen LogP contribution in [0.25, 0.3) is 0 Å². The monoisotopic (exact) mass is 245 g/mol. The molecule has 0 aliphatic heterocycles. The molecule has 1 aromatic carbocycles. The van der Waals surface area contributed by atoms with Gasteiger partial charge < -0.3 is 10.4 Å². The average Bonchev–Trinajstić information content (AvgIpc) is 2.92. The third kappa shape index (κ3) is 3.68. The third-order valence-electron chi connectivity index (χ3n) is 3.01. The number of aliphatic hydroxyl groups is 1. The molecular weight excluding hydrogens is 226 g/mol. The fourth-order valence-corrected chi connectivity index (χ4v) is 2.03. The Morgan fingerprint density at radius 3 is 2.72 bits per heavy atom. The minimum atomic E-state index is 0.214. The summed E-state index contributed by atoms with van der Waals surface area (Å²) < 4.78 is 0. The van der Waals surface area contributed by atoms with E-state index in [0.29, 0.717) is 5.92 Å². The van der Waals surface area contributed by atoms with Gasteiger partial charge in [-0.15, -0.1) is 0 Å². The van der Waals surface area contributed by atoms with E-state index >= 15 is 0 Å². The van der Waals surface area contributed by atoms with E-state index in [1.807, 2.05) is 24.3 Å². The van der Waals surface area contributed by atoms with Crippen LogP contribution in [0.5, 0.6) is 0 Å². The predicted octanol–water partition coefficient (Wildman–Crippen LogP) is 1.67. The lowest BCUT2D eigenvalue weighted by Gasteiger charge is -2.16. The van der Waals surface area contributed by atoms with E-state index in [-0.39, 0.29) is 6.61 Å². The summed E-state index contributed by atoms with van der Waals surface area (Å²) >= 11 is 0. The largest absolute Gasteiger partial charge is 0.396 e. The molecule has 0 spiro atoms. The molecule has 1 heterocycles. The van der Waals surface area contributed by atoms with Gasteiger partial charge in [0.1, 0.15) is 0 Å². The van der Waals surface area contributed by atoms with E-state index in [9.17, 15) is 0 Å².